The first-order chi connectivity index (χ1) is 15.7. The number of ether oxygens (including phenoxy) is 3. The molecule has 0 spiro atoms. The molecule has 1 aromatic carbocycles. The van der Waals surface area contributed by atoms with E-state index in [1.807, 2.05) is 0 Å². The number of rotatable bonds is 8. The Hall–Kier alpha value is -3.18. The van der Waals surface area contributed by atoms with Crippen molar-refractivity contribution in [3.63, 3.8) is 0 Å². The normalized spacial score (nSPS) is 16.2. The summed E-state index contributed by atoms with van der Waals surface area (Å²) in [7, 11) is 0. The van der Waals surface area contributed by atoms with Crippen LogP contribution in [0.25, 0.3) is 0 Å². The summed E-state index contributed by atoms with van der Waals surface area (Å²) < 4.78 is 91.5. The third kappa shape index (κ3) is 5.84. The molecule has 0 bridgehead atoms. The quantitative estimate of drug-likeness (QED) is 0.408. The minimum atomic E-state index is -5.83. The van der Waals surface area contributed by atoms with Gasteiger partial charge in [-0.25, -0.2) is 14.0 Å². The van der Waals surface area contributed by atoms with Crippen molar-refractivity contribution in [3.8, 4) is 5.75 Å². The monoisotopic (exact) mass is 495 g/mol. The van der Waals surface area contributed by atoms with E-state index in [1.54, 1.807) is 27.7 Å². The second kappa shape index (κ2) is 10.4. The van der Waals surface area contributed by atoms with Gasteiger partial charge in [0.2, 0.25) is 0 Å². The van der Waals surface area contributed by atoms with E-state index < -0.39 is 42.1 Å². The van der Waals surface area contributed by atoms with E-state index in [-0.39, 0.29) is 29.9 Å². The van der Waals surface area contributed by atoms with Crippen molar-refractivity contribution < 1.29 is 50.1 Å². The molecule has 2 rings (SSSR count). The summed E-state index contributed by atoms with van der Waals surface area (Å²) in [5, 5.41) is 2.91. The Labute approximate surface area is 191 Å². The summed E-state index contributed by atoms with van der Waals surface area (Å²) in [5.41, 5.74) is 1.07. The Bertz CT molecular complexity index is 944. The van der Waals surface area contributed by atoms with E-state index in [0.29, 0.717) is 11.4 Å². The first kappa shape index (κ1) is 27.1. The maximum absolute atomic E-state index is 13.6. The molecule has 1 aliphatic heterocycles. The molecule has 0 unspecified atom stereocenters. The van der Waals surface area contributed by atoms with E-state index in [0.717, 1.165) is 12.1 Å². The number of dihydropyridines is 1. The third-order valence-corrected chi connectivity index (χ3v) is 4.80. The van der Waals surface area contributed by atoms with Crippen molar-refractivity contribution in [2.24, 2.45) is 0 Å². The predicted molar refractivity (Wildman–Crippen MR) is 108 cm³/mol. The summed E-state index contributed by atoms with van der Waals surface area (Å²) in [6.45, 7) is 6.37. The molecule has 1 aliphatic rings. The van der Waals surface area contributed by atoms with Crippen LogP contribution in [0, 0.1) is 0 Å². The topological polar surface area (TPSA) is 73.9 Å². The van der Waals surface area contributed by atoms with Gasteiger partial charge in [-0.2, -0.15) is 22.0 Å². The summed E-state index contributed by atoms with van der Waals surface area (Å²) in [4.78, 5) is 25.4. The molecule has 0 radical (unpaired) electrons. The van der Waals surface area contributed by atoms with Gasteiger partial charge in [-0.15, -0.1) is 0 Å². The highest BCUT2D eigenvalue weighted by Gasteiger charge is 2.59. The number of hydrogen-bond donors (Lipinski definition) is 1. The van der Waals surface area contributed by atoms with Gasteiger partial charge in [0.25, 0.3) is 6.17 Å². The number of halogens is 6. The Morgan fingerprint density at radius 1 is 0.912 bits per heavy atom. The fraction of sp³-hybridized carbons (Fsp3) is 0.455. The summed E-state index contributed by atoms with van der Waals surface area (Å²) in [6, 6.07) is 4.09. The van der Waals surface area contributed by atoms with Crippen LogP contribution in [0.4, 0.5) is 26.3 Å². The van der Waals surface area contributed by atoms with E-state index in [9.17, 15) is 35.9 Å². The van der Waals surface area contributed by atoms with Gasteiger partial charge < -0.3 is 19.5 Å². The second-order valence-electron chi connectivity index (χ2n) is 7.21. The summed E-state index contributed by atoms with van der Waals surface area (Å²) in [6.07, 6.45) is -15.5. The molecular weight excluding hydrogens is 472 g/mol. The summed E-state index contributed by atoms with van der Waals surface area (Å²) in [5.74, 6) is -3.29. The van der Waals surface area contributed by atoms with Gasteiger partial charge in [-0.1, -0.05) is 12.1 Å². The van der Waals surface area contributed by atoms with Gasteiger partial charge in [0.1, 0.15) is 5.75 Å². The highest BCUT2D eigenvalue weighted by Crippen LogP contribution is 2.41. The number of nitrogens with one attached hydrogen (secondary N) is 1. The zero-order valence-electron chi connectivity index (χ0n) is 18.7. The van der Waals surface area contributed by atoms with Crippen LogP contribution in [0.1, 0.15) is 39.2 Å². The number of esters is 2. The average molecular weight is 495 g/mol. The first-order valence-corrected chi connectivity index (χ1v) is 10.1. The molecule has 188 valence electrons. The van der Waals surface area contributed by atoms with Crippen molar-refractivity contribution in [2.75, 3.05) is 13.2 Å². The zero-order valence-corrected chi connectivity index (χ0v) is 18.7. The maximum atomic E-state index is 13.6. The Kier molecular flexibility index (Phi) is 8.27. The molecule has 0 saturated heterocycles. The lowest BCUT2D eigenvalue weighted by atomic mass is 9.80. The molecule has 0 aliphatic carbocycles. The van der Waals surface area contributed by atoms with Crippen LogP contribution in [-0.2, 0) is 19.1 Å². The van der Waals surface area contributed by atoms with Gasteiger partial charge in [-0.3, -0.25) is 0 Å². The molecule has 34 heavy (non-hydrogen) atoms. The van der Waals surface area contributed by atoms with Crippen molar-refractivity contribution in [2.45, 2.75) is 52.1 Å². The third-order valence-electron chi connectivity index (χ3n) is 4.80. The van der Waals surface area contributed by atoms with Crippen LogP contribution >= 0.6 is 0 Å². The molecule has 6 nitrogen and oxygen atoms in total. The number of carbonyl (C=O) groups is 2. The van der Waals surface area contributed by atoms with E-state index in [1.165, 1.54) is 12.1 Å². The van der Waals surface area contributed by atoms with Crippen molar-refractivity contribution in [1.82, 2.24) is 5.32 Å². The molecule has 1 heterocycles. The fourth-order valence-corrected chi connectivity index (χ4v) is 3.41. The van der Waals surface area contributed by atoms with Crippen LogP contribution < -0.4 is 10.1 Å². The lowest BCUT2D eigenvalue weighted by molar-refractivity contribution is -0.305. The lowest BCUT2D eigenvalue weighted by Crippen LogP contribution is -2.45. The van der Waals surface area contributed by atoms with Crippen molar-refractivity contribution >= 4 is 11.9 Å². The number of allylic oxidation sites excluding steroid dienone is 2. The Morgan fingerprint density at radius 3 is 1.74 bits per heavy atom. The second-order valence-corrected chi connectivity index (χ2v) is 7.21. The van der Waals surface area contributed by atoms with E-state index in [2.05, 4.69) is 10.1 Å². The maximum Gasteiger partial charge on any atom is 0.439 e. The van der Waals surface area contributed by atoms with Gasteiger partial charge in [0.05, 0.1) is 30.3 Å². The number of alkyl halides is 6. The molecule has 0 amide bonds. The summed E-state index contributed by atoms with van der Waals surface area (Å²) >= 11 is 0. The van der Waals surface area contributed by atoms with Crippen LogP contribution in [-0.4, -0.2) is 43.6 Å². The fourth-order valence-electron chi connectivity index (χ4n) is 3.41. The number of carbonyl (C=O) groups excluding carboxylic acids is 2. The van der Waals surface area contributed by atoms with Crippen molar-refractivity contribution in [1.29, 1.82) is 0 Å². The Morgan fingerprint density at radius 2 is 1.35 bits per heavy atom. The standard InChI is InChI=1S/C22H23F6NO5/c1-5-32-18(30)15-11(3)29-12(4)16(19(31)33-6-2)17(15)13-7-9-14(10-8-13)34-22(27,28)20(23)21(24,25)26/h7-10,17,20,29H,5-6H2,1-4H3/t20-/m1/s1. The Balaban J connectivity index is 2.49. The van der Waals surface area contributed by atoms with Gasteiger partial charge in [0, 0.05) is 11.4 Å². The highest BCUT2D eigenvalue weighted by atomic mass is 19.4. The SMILES string of the molecule is CCOC(=O)C1=C(C)NC(C)=C(C(=O)OCC)C1c1ccc(OC(F)(F)[C@H](F)C(F)(F)F)cc1. The lowest BCUT2D eigenvalue weighted by Gasteiger charge is -2.30. The molecule has 1 N–H and O–H groups in total. The predicted octanol–water partition coefficient (Wildman–Crippen LogP) is 4.92. The molecule has 0 saturated carbocycles. The number of hydrogen-bond acceptors (Lipinski definition) is 6. The number of benzene rings is 1. The van der Waals surface area contributed by atoms with Crippen LogP contribution in [0.3, 0.4) is 0 Å². The van der Waals surface area contributed by atoms with Crippen LogP contribution in [0.15, 0.2) is 46.8 Å². The van der Waals surface area contributed by atoms with E-state index in [4.69, 9.17) is 9.47 Å². The minimum Gasteiger partial charge on any atom is -0.463 e. The van der Waals surface area contributed by atoms with Gasteiger partial charge >= 0.3 is 24.2 Å². The molecule has 12 heteroatoms. The molecule has 1 atom stereocenters. The van der Waals surface area contributed by atoms with Crippen molar-refractivity contribution in [3.05, 3.63) is 52.4 Å². The zero-order chi connectivity index (χ0) is 25.8. The molecule has 0 fully saturated rings. The van der Waals surface area contributed by atoms with Crippen LogP contribution in [0.2, 0.25) is 0 Å². The highest BCUT2D eigenvalue weighted by molar-refractivity contribution is 5.99. The van der Waals surface area contributed by atoms with Gasteiger partial charge in [0.15, 0.2) is 0 Å². The minimum absolute atomic E-state index is 0.0330. The van der Waals surface area contributed by atoms with E-state index >= 15 is 0 Å². The molecular formula is C22H23F6NO5. The smallest absolute Gasteiger partial charge is 0.439 e. The molecule has 1 aromatic rings. The largest absolute Gasteiger partial charge is 0.463 e. The average Bonchev–Trinajstić information content (AvgIpc) is 2.72. The molecule has 0 aromatic heterocycles. The first-order valence-electron chi connectivity index (χ1n) is 10.1. The van der Waals surface area contributed by atoms with Crippen LogP contribution in [0.5, 0.6) is 5.75 Å². The van der Waals surface area contributed by atoms with Gasteiger partial charge in [-0.05, 0) is 45.4 Å².